The second-order valence-corrected chi connectivity index (χ2v) is 6.82. The Labute approximate surface area is 104 Å². The first kappa shape index (κ1) is 11.7. The van der Waals surface area contributed by atoms with Crippen LogP contribution in [0.4, 0.5) is 0 Å². The van der Waals surface area contributed by atoms with Crippen LogP contribution in [-0.2, 0) is 9.78 Å². The van der Waals surface area contributed by atoms with Crippen molar-refractivity contribution >= 4 is 0 Å². The van der Waals surface area contributed by atoms with E-state index in [-0.39, 0.29) is 17.1 Å². The largest absolute Gasteiger partial charge is 0.228 e. The van der Waals surface area contributed by atoms with Gasteiger partial charge in [-0.25, -0.2) is 9.78 Å². The Balaban J connectivity index is 2.09. The van der Waals surface area contributed by atoms with Crippen LogP contribution in [0.3, 0.4) is 0 Å². The van der Waals surface area contributed by atoms with Crippen molar-refractivity contribution in [2.24, 2.45) is 17.3 Å². The molecule has 2 bridgehead atoms. The molecule has 0 N–H and O–H groups in total. The highest BCUT2D eigenvalue weighted by Gasteiger charge is 2.61. The third-order valence-electron chi connectivity index (χ3n) is 5.40. The van der Waals surface area contributed by atoms with Gasteiger partial charge in [-0.1, -0.05) is 34.1 Å². The summed E-state index contributed by atoms with van der Waals surface area (Å²) in [4.78, 5) is 11.6. The third kappa shape index (κ3) is 1.40. The van der Waals surface area contributed by atoms with Gasteiger partial charge in [0.25, 0.3) is 0 Å². The van der Waals surface area contributed by atoms with E-state index in [0.717, 1.165) is 6.42 Å². The predicted molar refractivity (Wildman–Crippen MR) is 67.3 cm³/mol. The van der Waals surface area contributed by atoms with E-state index in [1.807, 2.05) is 0 Å². The zero-order valence-corrected chi connectivity index (χ0v) is 11.5. The summed E-state index contributed by atoms with van der Waals surface area (Å²) in [7, 11) is 0. The highest BCUT2D eigenvalue weighted by atomic mass is 17.2. The second-order valence-electron chi connectivity index (χ2n) is 6.82. The van der Waals surface area contributed by atoms with Gasteiger partial charge in [-0.15, -0.1) is 0 Å². The Morgan fingerprint density at radius 2 is 2.18 bits per heavy atom. The van der Waals surface area contributed by atoms with Crippen molar-refractivity contribution in [3.63, 3.8) is 0 Å². The molecule has 2 aliphatic carbocycles. The second kappa shape index (κ2) is 3.58. The highest BCUT2D eigenvalue weighted by molar-refractivity contribution is 5.30. The van der Waals surface area contributed by atoms with E-state index in [1.54, 1.807) is 0 Å². The van der Waals surface area contributed by atoms with E-state index in [4.69, 9.17) is 9.78 Å². The van der Waals surface area contributed by atoms with E-state index in [1.165, 1.54) is 24.8 Å². The highest BCUT2D eigenvalue weighted by Crippen LogP contribution is 2.60. The van der Waals surface area contributed by atoms with Crippen molar-refractivity contribution in [2.45, 2.75) is 65.1 Å². The molecule has 0 radical (unpaired) electrons. The topological polar surface area (TPSA) is 18.5 Å². The number of rotatable bonds is 1. The molecule has 2 aliphatic heterocycles. The fraction of sp³-hybridized carbons (Fsp3) is 0.867. The van der Waals surface area contributed by atoms with Crippen molar-refractivity contribution in [1.29, 1.82) is 0 Å². The standard InChI is InChI=1S/C15H24O2/c1-10(2)12-8-15-11(3)6-5-7-14(15,4)9-13(12)16-17-15/h8,10-11,13H,5-7,9H2,1-4H3/t11-,13+,14+,15+/m0/s1. The van der Waals surface area contributed by atoms with Crippen molar-refractivity contribution in [3.05, 3.63) is 11.6 Å². The van der Waals surface area contributed by atoms with E-state index >= 15 is 0 Å². The SMILES string of the molecule is CC(C)C1=C[C@]23OO[C@@H]1C[C@@]2(C)CCC[C@@H]3C. The van der Waals surface area contributed by atoms with Gasteiger partial charge in [-0.3, -0.25) is 0 Å². The summed E-state index contributed by atoms with van der Waals surface area (Å²) in [5.74, 6) is 1.13. The van der Waals surface area contributed by atoms with Gasteiger partial charge in [-0.05, 0) is 42.7 Å². The molecule has 0 aromatic rings. The predicted octanol–water partition coefficient (Wildman–Crippen LogP) is 3.87. The minimum absolute atomic E-state index is 0.153. The van der Waals surface area contributed by atoms with Crippen LogP contribution in [0.5, 0.6) is 0 Å². The maximum atomic E-state index is 5.89. The van der Waals surface area contributed by atoms with E-state index in [9.17, 15) is 0 Å². The Hall–Kier alpha value is -0.340. The fourth-order valence-electron chi connectivity index (χ4n) is 4.22. The molecule has 0 unspecified atom stereocenters. The van der Waals surface area contributed by atoms with Gasteiger partial charge in [0.1, 0.15) is 11.7 Å². The van der Waals surface area contributed by atoms with Crippen molar-refractivity contribution in [2.75, 3.05) is 0 Å². The fourth-order valence-corrected chi connectivity index (χ4v) is 4.22. The van der Waals surface area contributed by atoms with Crippen LogP contribution in [0.2, 0.25) is 0 Å². The van der Waals surface area contributed by atoms with Gasteiger partial charge in [0, 0.05) is 5.41 Å². The van der Waals surface area contributed by atoms with Crippen LogP contribution in [0, 0.1) is 17.3 Å². The van der Waals surface area contributed by atoms with Crippen LogP contribution in [-0.4, -0.2) is 11.7 Å². The lowest BCUT2D eigenvalue weighted by atomic mass is 9.53. The zero-order valence-electron chi connectivity index (χ0n) is 11.5. The average Bonchev–Trinajstić information content (AvgIpc) is 2.28. The van der Waals surface area contributed by atoms with Crippen LogP contribution in [0.25, 0.3) is 0 Å². The Bertz CT molecular complexity index is 360. The number of hydrogen-bond acceptors (Lipinski definition) is 2. The molecule has 1 spiro atoms. The molecule has 0 amide bonds. The Morgan fingerprint density at radius 1 is 1.41 bits per heavy atom. The molecule has 1 saturated carbocycles. The Morgan fingerprint density at radius 3 is 2.88 bits per heavy atom. The molecule has 17 heavy (non-hydrogen) atoms. The van der Waals surface area contributed by atoms with Gasteiger partial charge in [0.15, 0.2) is 0 Å². The van der Waals surface area contributed by atoms with E-state index in [0.29, 0.717) is 11.8 Å². The van der Waals surface area contributed by atoms with Crippen LogP contribution < -0.4 is 0 Å². The summed E-state index contributed by atoms with van der Waals surface area (Å²) >= 11 is 0. The normalized spacial score (nSPS) is 49.1. The molecule has 1 saturated heterocycles. The molecule has 4 aliphatic rings. The number of fused-ring (bicyclic) bond motifs is 1. The minimum Gasteiger partial charge on any atom is -0.228 e. The molecule has 2 heterocycles. The first-order valence-corrected chi connectivity index (χ1v) is 7.06. The first-order chi connectivity index (χ1) is 7.98. The third-order valence-corrected chi connectivity index (χ3v) is 5.40. The van der Waals surface area contributed by atoms with E-state index < -0.39 is 0 Å². The molecule has 2 heteroatoms. The van der Waals surface area contributed by atoms with Crippen LogP contribution in [0.1, 0.15) is 53.4 Å². The van der Waals surface area contributed by atoms with Crippen molar-refractivity contribution < 1.29 is 9.78 Å². The summed E-state index contributed by atoms with van der Waals surface area (Å²) in [6.07, 6.45) is 7.64. The summed E-state index contributed by atoms with van der Waals surface area (Å²) in [5, 5.41) is 0. The van der Waals surface area contributed by atoms with Crippen molar-refractivity contribution in [1.82, 2.24) is 0 Å². The lowest BCUT2D eigenvalue weighted by molar-refractivity contribution is -0.445. The maximum Gasteiger partial charge on any atom is 0.130 e. The van der Waals surface area contributed by atoms with Crippen LogP contribution in [0.15, 0.2) is 11.6 Å². The van der Waals surface area contributed by atoms with Gasteiger partial charge < -0.3 is 0 Å². The van der Waals surface area contributed by atoms with Gasteiger partial charge in [0.05, 0.1) is 0 Å². The lowest BCUT2D eigenvalue weighted by Crippen LogP contribution is -2.62. The lowest BCUT2D eigenvalue weighted by Gasteiger charge is -2.60. The quantitative estimate of drug-likeness (QED) is 0.508. The maximum absolute atomic E-state index is 5.89. The van der Waals surface area contributed by atoms with Crippen LogP contribution >= 0.6 is 0 Å². The summed E-state index contributed by atoms with van der Waals surface area (Å²) in [5.41, 5.74) is 1.59. The molecule has 2 fully saturated rings. The number of hydrogen-bond donors (Lipinski definition) is 0. The summed E-state index contributed by atoms with van der Waals surface area (Å²) < 4.78 is 0. The molecule has 0 aromatic heterocycles. The summed E-state index contributed by atoms with van der Waals surface area (Å²) in [6, 6.07) is 0. The molecular weight excluding hydrogens is 212 g/mol. The van der Waals surface area contributed by atoms with Gasteiger partial charge in [-0.2, -0.15) is 0 Å². The summed E-state index contributed by atoms with van der Waals surface area (Å²) in [6.45, 7) is 9.24. The smallest absolute Gasteiger partial charge is 0.130 e. The monoisotopic (exact) mass is 236 g/mol. The van der Waals surface area contributed by atoms with E-state index in [2.05, 4.69) is 33.8 Å². The average molecular weight is 236 g/mol. The molecule has 4 rings (SSSR count). The molecule has 4 atom stereocenters. The van der Waals surface area contributed by atoms with Gasteiger partial charge >= 0.3 is 0 Å². The molecule has 2 nitrogen and oxygen atoms in total. The molecule has 0 aromatic carbocycles. The first-order valence-electron chi connectivity index (χ1n) is 7.06. The molecular formula is C15H24O2. The zero-order chi connectivity index (χ0) is 12.3. The van der Waals surface area contributed by atoms with Crippen molar-refractivity contribution in [3.8, 4) is 0 Å². The molecule has 96 valence electrons. The Kier molecular flexibility index (Phi) is 2.47. The minimum atomic E-state index is -0.153. The van der Waals surface area contributed by atoms with Gasteiger partial charge in [0.2, 0.25) is 0 Å².